The third-order valence-electron chi connectivity index (χ3n) is 2.79. The highest BCUT2D eigenvalue weighted by Crippen LogP contribution is 2.22. The molecular weight excluding hydrogens is 346 g/mol. The SMILES string of the molecule is CCc1nnc(NC(=O)CCS(=O)(=O)c2ccccc2Cl)s1. The molecule has 1 aromatic heterocycles. The van der Waals surface area contributed by atoms with Gasteiger partial charge in [0.2, 0.25) is 11.0 Å². The first-order valence-electron chi connectivity index (χ1n) is 6.52. The van der Waals surface area contributed by atoms with Crippen LogP contribution < -0.4 is 5.32 Å². The Kier molecular flexibility index (Phi) is 5.49. The second kappa shape index (κ2) is 7.17. The van der Waals surface area contributed by atoms with Crippen molar-refractivity contribution in [1.29, 1.82) is 0 Å². The molecule has 118 valence electrons. The second-order valence-corrected chi connectivity index (χ2v) is 7.95. The zero-order chi connectivity index (χ0) is 16.2. The van der Waals surface area contributed by atoms with Crippen LogP contribution in [0.3, 0.4) is 0 Å². The van der Waals surface area contributed by atoms with E-state index in [1.807, 2.05) is 6.92 Å². The topological polar surface area (TPSA) is 89.0 Å². The van der Waals surface area contributed by atoms with Crippen molar-refractivity contribution in [2.24, 2.45) is 0 Å². The van der Waals surface area contributed by atoms with Crippen LogP contribution in [0.1, 0.15) is 18.4 Å². The lowest BCUT2D eigenvalue weighted by molar-refractivity contribution is -0.115. The van der Waals surface area contributed by atoms with Crippen LogP contribution in [0.2, 0.25) is 5.02 Å². The maximum atomic E-state index is 12.2. The van der Waals surface area contributed by atoms with Gasteiger partial charge in [0, 0.05) is 6.42 Å². The average molecular weight is 360 g/mol. The first kappa shape index (κ1) is 16.9. The fourth-order valence-corrected chi connectivity index (χ4v) is 4.17. The fourth-order valence-electron chi connectivity index (χ4n) is 1.66. The van der Waals surface area contributed by atoms with Gasteiger partial charge in [0.1, 0.15) is 5.01 Å². The van der Waals surface area contributed by atoms with Gasteiger partial charge in [-0.05, 0) is 18.6 Å². The molecule has 0 fully saturated rings. The van der Waals surface area contributed by atoms with Crippen molar-refractivity contribution in [3.8, 4) is 0 Å². The van der Waals surface area contributed by atoms with Crippen molar-refractivity contribution < 1.29 is 13.2 Å². The molecule has 0 saturated heterocycles. The van der Waals surface area contributed by atoms with Crippen LogP contribution in [0.25, 0.3) is 0 Å². The first-order chi connectivity index (χ1) is 10.4. The minimum Gasteiger partial charge on any atom is -0.301 e. The number of carbonyl (C=O) groups excluding carboxylic acids is 1. The molecule has 0 atom stereocenters. The largest absolute Gasteiger partial charge is 0.301 e. The summed E-state index contributed by atoms with van der Waals surface area (Å²) in [6.45, 7) is 1.93. The maximum Gasteiger partial charge on any atom is 0.227 e. The predicted molar refractivity (Wildman–Crippen MR) is 86.0 cm³/mol. The van der Waals surface area contributed by atoms with Crippen molar-refractivity contribution in [3.63, 3.8) is 0 Å². The average Bonchev–Trinajstić information content (AvgIpc) is 2.93. The Morgan fingerprint density at radius 2 is 2.05 bits per heavy atom. The van der Waals surface area contributed by atoms with E-state index < -0.39 is 15.7 Å². The van der Waals surface area contributed by atoms with Crippen molar-refractivity contribution in [2.75, 3.05) is 11.1 Å². The summed E-state index contributed by atoms with van der Waals surface area (Å²) in [4.78, 5) is 11.8. The Hall–Kier alpha value is -1.51. The summed E-state index contributed by atoms with van der Waals surface area (Å²) in [7, 11) is -3.60. The monoisotopic (exact) mass is 359 g/mol. The van der Waals surface area contributed by atoms with E-state index in [0.717, 1.165) is 11.4 Å². The van der Waals surface area contributed by atoms with Gasteiger partial charge in [-0.25, -0.2) is 8.42 Å². The molecule has 0 aliphatic rings. The van der Waals surface area contributed by atoms with Gasteiger partial charge in [0.25, 0.3) is 0 Å². The van der Waals surface area contributed by atoms with E-state index in [1.165, 1.54) is 23.5 Å². The number of nitrogens with one attached hydrogen (secondary N) is 1. The first-order valence-corrected chi connectivity index (χ1v) is 9.36. The number of nitrogens with zero attached hydrogens (tertiary/aromatic N) is 2. The molecule has 0 aliphatic carbocycles. The third-order valence-corrected chi connectivity index (χ3v) is 5.98. The molecule has 0 unspecified atom stereocenters. The zero-order valence-corrected chi connectivity index (χ0v) is 14.1. The number of hydrogen-bond donors (Lipinski definition) is 1. The predicted octanol–water partition coefficient (Wildman–Crippen LogP) is 2.56. The highest BCUT2D eigenvalue weighted by Gasteiger charge is 2.19. The summed E-state index contributed by atoms with van der Waals surface area (Å²) >= 11 is 7.14. The molecule has 2 rings (SSSR count). The summed E-state index contributed by atoms with van der Waals surface area (Å²) in [6.07, 6.45) is 0.559. The number of anilines is 1. The van der Waals surface area contributed by atoms with Gasteiger partial charge in [-0.15, -0.1) is 10.2 Å². The molecule has 1 heterocycles. The van der Waals surface area contributed by atoms with Gasteiger partial charge in [0.15, 0.2) is 9.84 Å². The molecule has 0 bridgehead atoms. The molecule has 0 radical (unpaired) electrons. The van der Waals surface area contributed by atoms with Gasteiger partial charge in [0.05, 0.1) is 15.7 Å². The van der Waals surface area contributed by atoms with Gasteiger partial charge in [-0.3, -0.25) is 4.79 Å². The quantitative estimate of drug-likeness (QED) is 0.856. The summed E-state index contributed by atoms with van der Waals surface area (Å²) in [5.74, 6) is -0.739. The van der Waals surface area contributed by atoms with Gasteiger partial charge < -0.3 is 5.32 Å². The van der Waals surface area contributed by atoms with Crippen LogP contribution in [-0.4, -0.2) is 30.3 Å². The van der Waals surface area contributed by atoms with Crippen LogP contribution in [-0.2, 0) is 21.1 Å². The lowest BCUT2D eigenvalue weighted by Gasteiger charge is -2.06. The normalized spacial score (nSPS) is 11.4. The van der Waals surface area contributed by atoms with E-state index in [0.29, 0.717) is 5.13 Å². The summed E-state index contributed by atoms with van der Waals surface area (Å²) in [6, 6.07) is 6.16. The molecule has 0 saturated carbocycles. The number of amides is 1. The van der Waals surface area contributed by atoms with E-state index in [1.54, 1.807) is 12.1 Å². The number of benzene rings is 1. The molecule has 1 N–H and O–H groups in total. The molecule has 1 amide bonds. The lowest BCUT2D eigenvalue weighted by atomic mass is 10.4. The van der Waals surface area contributed by atoms with Gasteiger partial charge >= 0.3 is 0 Å². The summed E-state index contributed by atoms with van der Waals surface area (Å²) < 4.78 is 24.3. The number of halogens is 1. The minimum absolute atomic E-state index is 0.0358. The van der Waals surface area contributed by atoms with E-state index in [-0.39, 0.29) is 22.1 Å². The van der Waals surface area contributed by atoms with Crippen LogP contribution in [0.15, 0.2) is 29.2 Å². The van der Waals surface area contributed by atoms with E-state index in [9.17, 15) is 13.2 Å². The molecular formula is C13H14ClN3O3S2. The van der Waals surface area contributed by atoms with Crippen LogP contribution >= 0.6 is 22.9 Å². The molecule has 0 aliphatic heterocycles. The number of aryl methyl sites for hydroxylation is 1. The molecule has 9 heteroatoms. The summed E-state index contributed by atoms with van der Waals surface area (Å²) in [5, 5.41) is 11.6. The van der Waals surface area contributed by atoms with E-state index >= 15 is 0 Å². The lowest BCUT2D eigenvalue weighted by Crippen LogP contribution is -2.17. The highest BCUT2D eigenvalue weighted by atomic mass is 35.5. The van der Waals surface area contributed by atoms with Crippen molar-refractivity contribution in [1.82, 2.24) is 10.2 Å². The molecule has 6 nitrogen and oxygen atoms in total. The molecule has 22 heavy (non-hydrogen) atoms. The summed E-state index contributed by atoms with van der Waals surface area (Å²) in [5.41, 5.74) is 0. The second-order valence-electron chi connectivity index (χ2n) is 4.40. The van der Waals surface area contributed by atoms with Crippen LogP contribution in [0.4, 0.5) is 5.13 Å². The Morgan fingerprint density at radius 1 is 1.32 bits per heavy atom. The van der Waals surface area contributed by atoms with Gasteiger partial charge in [-0.2, -0.15) is 0 Å². The molecule has 2 aromatic rings. The number of rotatable bonds is 6. The third kappa shape index (κ3) is 4.25. The van der Waals surface area contributed by atoms with Crippen molar-refractivity contribution >= 4 is 43.8 Å². The smallest absolute Gasteiger partial charge is 0.227 e. The van der Waals surface area contributed by atoms with Crippen LogP contribution in [0, 0.1) is 0 Å². The number of sulfone groups is 1. The Morgan fingerprint density at radius 3 is 2.68 bits per heavy atom. The minimum atomic E-state index is -3.60. The standard InChI is InChI=1S/C13H14ClN3O3S2/c1-2-12-16-17-13(21-12)15-11(18)7-8-22(19,20)10-6-4-3-5-9(10)14/h3-6H,2,7-8H2,1H3,(H,15,17,18). The number of hydrogen-bond acceptors (Lipinski definition) is 6. The molecule has 0 spiro atoms. The van der Waals surface area contributed by atoms with Crippen molar-refractivity contribution in [2.45, 2.75) is 24.7 Å². The van der Waals surface area contributed by atoms with Crippen LogP contribution in [0.5, 0.6) is 0 Å². The Bertz CT molecular complexity index is 774. The number of aromatic nitrogens is 2. The zero-order valence-electron chi connectivity index (χ0n) is 11.7. The van der Waals surface area contributed by atoms with E-state index in [4.69, 9.17) is 11.6 Å². The Balaban J connectivity index is 1.97. The van der Waals surface area contributed by atoms with Crippen molar-refractivity contribution in [3.05, 3.63) is 34.3 Å². The number of carbonyl (C=O) groups is 1. The molecule has 1 aromatic carbocycles. The maximum absolute atomic E-state index is 12.2. The fraction of sp³-hybridized carbons (Fsp3) is 0.308. The highest BCUT2D eigenvalue weighted by molar-refractivity contribution is 7.91. The Labute approximate surface area is 137 Å². The van der Waals surface area contributed by atoms with Gasteiger partial charge in [-0.1, -0.05) is 42.0 Å². The van der Waals surface area contributed by atoms with E-state index in [2.05, 4.69) is 15.5 Å².